The van der Waals surface area contributed by atoms with Crippen LogP contribution in [-0.4, -0.2) is 40.2 Å². The maximum absolute atomic E-state index is 12.4. The molecule has 1 saturated heterocycles. The molecule has 0 saturated carbocycles. The van der Waals surface area contributed by atoms with E-state index in [9.17, 15) is 13.2 Å². The number of rotatable bonds is 6. The van der Waals surface area contributed by atoms with Crippen LogP contribution in [0.3, 0.4) is 0 Å². The molecule has 1 fully saturated rings. The normalized spacial score (nSPS) is 14.2. The van der Waals surface area contributed by atoms with E-state index in [1.54, 1.807) is 18.2 Å². The van der Waals surface area contributed by atoms with Gasteiger partial charge in [-0.15, -0.1) is 0 Å². The van der Waals surface area contributed by atoms with Gasteiger partial charge < -0.3 is 10.2 Å². The first-order valence-corrected chi connectivity index (χ1v) is 10.9. The summed E-state index contributed by atoms with van der Waals surface area (Å²) in [5.41, 5.74) is 3.21. The Morgan fingerprint density at radius 3 is 2.37 bits per heavy atom. The quantitative estimate of drug-likeness (QED) is 0.827. The Hall–Kier alpha value is -2.54. The SMILES string of the molecule is Cc1cccc(N(CC(=O)Nc2ccc(N3CCCC3)cc2)S(C)(=O)=O)c1. The molecular formula is C20H25N3O3S. The van der Waals surface area contributed by atoms with Crippen molar-refractivity contribution in [3.63, 3.8) is 0 Å². The van der Waals surface area contributed by atoms with Crippen LogP contribution in [0, 0.1) is 6.92 Å². The standard InChI is InChI=1S/C20H25N3O3S/c1-16-6-5-7-19(14-16)23(27(2,25)26)15-20(24)21-17-8-10-18(11-9-17)22-12-3-4-13-22/h5-11,14H,3-4,12-13,15H2,1-2H3,(H,21,24). The van der Waals surface area contributed by atoms with Crippen LogP contribution in [0.4, 0.5) is 17.1 Å². The number of benzene rings is 2. The summed E-state index contributed by atoms with van der Waals surface area (Å²) in [6.07, 6.45) is 3.52. The van der Waals surface area contributed by atoms with E-state index in [4.69, 9.17) is 0 Å². The Bertz CT molecular complexity index is 904. The second-order valence-corrected chi connectivity index (χ2v) is 8.80. The first-order valence-electron chi connectivity index (χ1n) is 9.02. The highest BCUT2D eigenvalue weighted by molar-refractivity contribution is 7.92. The van der Waals surface area contributed by atoms with Crippen molar-refractivity contribution in [2.45, 2.75) is 19.8 Å². The van der Waals surface area contributed by atoms with Gasteiger partial charge in [0.15, 0.2) is 0 Å². The predicted molar refractivity (Wildman–Crippen MR) is 110 cm³/mol. The fraction of sp³-hybridized carbons (Fsp3) is 0.350. The number of carbonyl (C=O) groups excluding carboxylic acids is 1. The molecule has 0 aromatic heterocycles. The summed E-state index contributed by atoms with van der Waals surface area (Å²) in [6.45, 7) is 3.74. The smallest absolute Gasteiger partial charge is 0.245 e. The van der Waals surface area contributed by atoms with Gasteiger partial charge in [0.1, 0.15) is 6.54 Å². The molecule has 1 aliphatic heterocycles. The van der Waals surface area contributed by atoms with E-state index in [1.807, 2.05) is 37.3 Å². The van der Waals surface area contributed by atoms with Crippen LogP contribution in [0.5, 0.6) is 0 Å². The van der Waals surface area contributed by atoms with Gasteiger partial charge in [-0.1, -0.05) is 12.1 Å². The van der Waals surface area contributed by atoms with Gasteiger partial charge in [-0.05, 0) is 61.7 Å². The molecule has 7 heteroatoms. The van der Waals surface area contributed by atoms with Crippen molar-refractivity contribution in [2.75, 3.05) is 40.4 Å². The van der Waals surface area contributed by atoms with Crippen LogP contribution in [0.15, 0.2) is 48.5 Å². The molecule has 2 aromatic carbocycles. The number of carbonyl (C=O) groups is 1. The Balaban J connectivity index is 1.69. The summed E-state index contributed by atoms with van der Waals surface area (Å²) in [5.74, 6) is -0.379. The summed E-state index contributed by atoms with van der Waals surface area (Å²) in [5, 5.41) is 2.78. The zero-order chi connectivity index (χ0) is 19.4. The lowest BCUT2D eigenvalue weighted by molar-refractivity contribution is -0.114. The first-order chi connectivity index (χ1) is 12.8. The van der Waals surface area contributed by atoms with E-state index in [1.165, 1.54) is 12.8 Å². The second-order valence-electron chi connectivity index (χ2n) is 6.90. The predicted octanol–water partition coefficient (Wildman–Crippen LogP) is 3.00. The molecule has 0 spiro atoms. The van der Waals surface area contributed by atoms with Gasteiger partial charge in [0.05, 0.1) is 11.9 Å². The number of nitrogens with zero attached hydrogens (tertiary/aromatic N) is 2. The minimum atomic E-state index is -3.57. The van der Waals surface area contributed by atoms with Crippen molar-refractivity contribution in [3.05, 3.63) is 54.1 Å². The number of amides is 1. The van der Waals surface area contributed by atoms with E-state index in [-0.39, 0.29) is 12.5 Å². The summed E-state index contributed by atoms with van der Waals surface area (Å²) < 4.78 is 25.4. The van der Waals surface area contributed by atoms with E-state index in [0.717, 1.165) is 34.9 Å². The minimum absolute atomic E-state index is 0.268. The molecule has 3 rings (SSSR count). The van der Waals surface area contributed by atoms with Gasteiger partial charge in [0.2, 0.25) is 15.9 Å². The molecule has 2 aromatic rings. The third-order valence-corrected chi connectivity index (χ3v) is 5.74. The number of nitrogens with one attached hydrogen (secondary N) is 1. The summed E-state index contributed by atoms with van der Waals surface area (Å²) in [7, 11) is -3.57. The van der Waals surface area contributed by atoms with Gasteiger partial charge in [0, 0.05) is 24.5 Å². The highest BCUT2D eigenvalue weighted by Gasteiger charge is 2.21. The second kappa shape index (κ2) is 8.00. The highest BCUT2D eigenvalue weighted by Crippen LogP contribution is 2.22. The van der Waals surface area contributed by atoms with Crippen LogP contribution >= 0.6 is 0 Å². The van der Waals surface area contributed by atoms with Gasteiger partial charge in [-0.3, -0.25) is 9.10 Å². The average molecular weight is 388 g/mol. The molecule has 0 radical (unpaired) electrons. The molecule has 27 heavy (non-hydrogen) atoms. The fourth-order valence-corrected chi connectivity index (χ4v) is 4.09. The van der Waals surface area contributed by atoms with Crippen molar-refractivity contribution in [3.8, 4) is 0 Å². The van der Waals surface area contributed by atoms with Crippen LogP contribution in [0.25, 0.3) is 0 Å². The number of aryl methyl sites for hydroxylation is 1. The zero-order valence-corrected chi connectivity index (χ0v) is 16.5. The van der Waals surface area contributed by atoms with Crippen LogP contribution in [0.2, 0.25) is 0 Å². The largest absolute Gasteiger partial charge is 0.372 e. The van der Waals surface area contributed by atoms with Crippen LogP contribution in [0.1, 0.15) is 18.4 Å². The molecule has 0 atom stereocenters. The molecule has 1 N–H and O–H groups in total. The molecule has 6 nitrogen and oxygen atoms in total. The maximum Gasteiger partial charge on any atom is 0.245 e. The van der Waals surface area contributed by atoms with E-state index in [0.29, 0.717) is 11.4 Å². The van der Waals surface area contributed by atoms with E-state index < -0.39 is 10.0 Å². The topological polar surface area (TPSA) is 69.7 Å². The summed E-state index contributed by atoms with van der Waals surface area (Å²) in [6, 6.07) is 14.8. The lowest BCUT2D eigenvalue weighted by atomic mass is 10.2. The number of sulfonamides is 1. The summed E-state index contributed by atoms with van der Waals surface area (Å²) >= 11 is 0. The Kier molecular flexibility index (Phi) is 5.70. The van der Waals surface area contributed by atoms with Crippen molar-refractivity contribution < 1.29 is 13.2 Å². The molecule has 0 bridgehead atoms. The summed E-state index contributed by atoms with van der Waals surface area (Å²) in [4.78, 5) is 14.8. The third-order valence-electron chi connectivity index (χ3n) is 4.60. The molecule has 0 unspecified atom stereocenters. The van der Waals surface area contributed by atoms with Crippen LogP contribution in [-0.2, 0) is 14.8 Å². The molecule has 144 valence electrons. The van der Waals surface area contributed by atoms with Crippen molar-refractivity contribution in [1.82, 2.24) is 0 Å². The van der Waals surface area contributed by atoms with Gasteiger partial charge in [0.25, 0.3) is 0 Å². The number of hydrogen-bond donors (Lipinski definition) is 1. The van der Waals surface area contributed by atoms with Gasteiger partial charge in [-0.25, -0.2) is 8.42 Å². The van der Waals surface area contributed by atoms with Crippen molar-refractivity contribution in [1.29, 1.82) is 0 Å². The van der Waals surface area contributed by atoms with Gasteiger partial charge in [-0.2, -0.15) is 0 Å². The highest BCUT2D eigenvalue weighted by atomic mass is 32.2. The number of hydrogen-bond acceptors (Lipinski definition) is 4. The van der Waals surface area contributed by atoms with Gasteiger partial charge >= 0.3 is 0 Å². The number of anilines is 3. The molecule has 1 aliphatic rings. The van der Waals surface area contributed by atoms with Crippen molar-refractivity contribution >= 4 is 33.0 Å². The molecule has 1 heterocycles. The lowest BCUT2D eigenvalue weighted by Crippen LogP contribution is -2.37. The average Bonchev–Trinajstić information content (AvgIpc) is 3.14. The Morgan fingerprint density at radius 1 is 1.11 bits per heavy atom. The van der Waals surface area contributed by atoms with Crippen molar-refractivity contribution in [2.24, 2.45) is 0 Å². The first kappa shape index (κ1) is 19.2. The molecular weight excluding hydrogens is 362 g/mol. The Labute approximate surface area is 160 Å². The lowest BCUT2D eigenvalue weighted by Gasteiger charge is -2.22. The monoisotopic (exact) mass is 387 g/mol. The molecule has 0 aliphatic carbocycles. The third kappa shape index (κ3) is 5.01. The fourth-order valence-electron chi connectivity index (χ4n) is 3.24. The Morgan fingerprint density at radius 2 is 1.78 bits per heavy atom. The molecule has 1 amide bonds. The maximum atomic E-state index is 12.4. The van der Waals surface area contributed by atoms with E-state index >= 15 is 0 Å². The zero-order valence-electron chi connectivity index (χ0n) is 15.7. The van der Waals surface area contributed by atoms with E-state index in [2.05, 4.69) is 10.2 Å². The van der Waals surface area contributed by atoms with Crippen LogP contribution < -0.4 is 14.5 Å². The minimum Gasteiger partial charge on any atom is -0.372 e.